The molecule has 0 unspecified atom stereocenters. The third-order valence-corrected chi connectivity index (χ3v) is 2.66. The van der Waals surface area contributed by atoms with E-state index in [-0.39, 0.29) is 18.2 Å². The summed E-state index contributed by atoms with van der Waals surface area (Å²) in [6.45, 7) is 0. The second kappa shape index (κ2) is 3.55. The Balaban J connectivity index is 2.15. The molecule has 0 bridgehead atoms. The van der Waals surface area contributed by atoms with Crippen LogP contribution < -0.4 is 5.32 Å². The maximum Gasteiger partial charge on any atom is 0.258 e. The van der Waals surface area contributed by atoms with Gasteiger partial charge in [0.25, 0.3) is 5.91 Å². The van der Waals surface area contributed by atoms with E-state index >= 15 is 0 Å². The minimum Gasteiger partial charge on any atom is -0.310 e. The molecule has 0 atom stereocenters. The third kappa shape index (κ3) is 1.52. The first kappa shape index (κ1) is 9.77. The highest BCUT2D eigenvalue weighted by atomic mass is 16.2. The minimum absolute atomic E-state index is 0.150. The zero-order valence-corrected chi connectivity index (χ0v) is 8.88. The molecule has 3 rings (SSSR count). The number of fused-ring (bicyclic) bond motifs is 1. The van der Waals surface area contributed by atoms with Crippen molar-refractivity contribution >= 4 is 17.6 Å². The first-order valence-electron chi connectivity index (χ1n) is 5.22. The van der Waals surface area contributed by atoms with Crippen molar-refractivity contribution in [3.63, 3.8) is 0 Å². The van der Waals surface area contributed by atoms with E-state index < -0.39 is 0 Å². The van der Waals surface area contributed by atoms with Gasteiger partial charge in [0.15, 0.2) is 0 Å². The Hall–Kier alpha value is -2.43. The van der Waals surface area contributed by atoms with E-state index in [1.54, 1.807) is 6.20 Å². The van der Waals surface area contributed by atoms with Crippen LogP contribution >= 0.6 is 0 Å². The number of benzene rings is 1. The highest BCUT2D eigenvalue weighted by Crippen LogP contribution is 2.29. The molecule has 17 heavy (non-hydrogen) atoms. The number of carbonyl (C=O) groups is 2. The van der Waals surface area contributed by atoms with Crippen molar-refractivity contribution < 1.29 is 9.59 Å². The standard InChI is InChI=1S/C12H9N3O2/c16-10-6-11(17)15-12(14-10)9(7-13-15)8-4-2-1-3-5-8/h1-5,7H,6H2,(H,14,16). The number of carbonyl (C=O) groups excluding carboxylic acids is 2. The Bertz CT molecular complexity index is 601. The molecule has 0 spiro atoms. The van der Waals surface area contributed by atoms with Gasteiger partial charge in [-0.05, 0) is 5.56 Å². The zero-order chi connectivity index (χ0) is 11.8. The Morgan fingerprint density at radius 2 is 1.94 bits per heavy atom. The minimum atomic E-state index is -0.300. The fourth-order valence-electron chi connectivity index (χ4n) is 1.88. The van der Waals surface area contributed by atoms with Gasteiger partial charge in [-0.3, -0.25) is 9.59 Å². The fourth-order valence-corrected chi connectivity index (χ4v) is 1.88. The summed E-state index contributed by atoms with van der Waals surface area (Å²) < 4.78 is 1.24. The molecule has 1 aliphatic rings. The van der Waals surface area contributed by atoms with Crippen LogP contribution in [0.3, 0.4) is 0 Å². The highest BCUT2D eigenvalue weighted by molar-refractivity contribution is 6.10. The maximum absolute atomic E-state index is 11.6. The van der Waals surface area contributed by atoms with Crippen molar-refractivity contribution in [1.29, 1.82) is 0 Å². The second-order valence-electron chi connectivity index (χ2n) is 3.80. The number of nitrogens with one attached hydrogen (secondary N) is 1. The summed E-state index contributed by atoms with van der Waals surface area (Å²) in [7, 11) is 0. The molecule has 5 heteroatoms. The van der Waals surface area contributed by atoms with Gasteiger partial charge >= 0.3 is 0 Å². The van der Waals surface area contributed by atoms with E-state index in [2.05, 4.69) is 10.4 Å². The number of hydrogen-bond donors (Lipinski definition) is 1. The Labute approximate surface area is 97.1 Å². The van der Waals surface area contributed by atoms with E-state index in [0.29, 0.717) is 5.82 Å². The predicted octanol–water partition coefficient (Wildman–Crippen LogP) is 1.53. The topological polar surface area (TPSA) is 64.0 Å². The largest absolute Gasteiger partial charge is 0.310 e. The SMILES string of the molecule is O=C1CC(=O)n2ncc(-c3ccccc3)c2N1. The molecule has 1 aliphatic heterocycles. The molecule has 1 aromatic carbocycles. The molecule has 0 saturated heterocycles. The third-order valence-electron chi connectivity index (χ3n) is 2.66. The Morgan fingerprint density at radius 1 is 1.18 bits per heavy atom. The quantitative estimate of drug-likeness (QED) is 0.751. The summed E-state index contributed by atoms with van der Waals surface area (Å²) in [5.41, 5.74) is 1.68. The number of aromatic nitrogens is 2. The molecule has 0 saturated carbocycles. The van der Waals surface area contributed by atoms with Crippen LogP contribution in [0.25, 0.3) is 11.1 Å². The molecule has 84 valence electrons. The van der Waals surface area contributed by atoms with Crippen LogP contribution in [0.15, 0.2) is 36.5 Å². The normalized spacial score (nSPS) is 14.4. The molecular formula is C12H9N3O2. The van der Waals surface area contributed by atoms with Crippen molar-refractivity contribution in [2.24, 2.45) is 0 Å². The van der Waals surface area contributed by atoms with Crippen LogP contribution in [0.1, 0.15) is 11.2 Å². The lowest BCUT2D eigenvalue weighted by Crippen LogP contribution is -2.29. The molecule has 1 N–H and O–H groups in total. The van der Waals surface area contributed by atoms with Crippen molar-refractivity contribution in [2.75, 3.05) is 5.32 Å². The molecule has 5 nitrogen and oxygen atoms in total. The van der Waals surface area contributed by atoms with E-state index in [9.17, 15) is 9.59 Å². The van der Waals surface area contributed by atoms with Crippen LogP contribution in [0.2, 0.25) is 0 Å². The van der Waals surface area contributed by atoms with Crippen molar-refractivity contribution in [3.05, 3.63) is 36.5 Å². The van der Waals surface area contributed by atoms with Crippen molar-refractivity contribution in [2.45, 2.75) is 6.42 Å². The molecule has 2 aromatic rings. The molecule has 0 radical (unpaired) electrons. The number of rotatable bonds is 1. The molecule has 1 aromatic heterocycles. The van der Waals surface area contributed by atoms with Gasteiger partial charge < -0.3 is 5.32 Å². The van der Waals surface area contributed by atoms with E-state index in [0.717, 1.165) is 11.1 Å². The number of anilines is 1. The average Bonchev–Trinajstić information content (AvgIpc) is 2.74. The van der Waals surface area contributed by atoms with Crippen LogP contribution in [0.5, 0.6) is 0 Å². The fraction of sp³-hybridized carbons (Fsp3) is 0.0833. The molecule has 0 aliphatic carbocycles. The Morgan fingerprint density at radius 3 is 2.71 bits per heavy atom. The average molecular weight is 227 g/mol. The summed E-state index contributed by atoms with van der Waals surface area (Å²) >= 11 is 0. The van der Waals surface area contributed by atoms with E-state index in [4.69, 9.17) is 0 Å². The van der Waals surface area contributed by atoms with Crippen LogP contribution in [0, 0.1) is 0 Å². The van der Waals surface area contributed by atoms with Crippen molar-refractivity contribution in [1.82, 2.24) is 9.78 Å². The van der Waals surface area contributed by atoms with Crippen LogP contribution in [0.4, 0.5) is 5.82 Å². The summed E-state index contributed by atoms with van der Waals surface area (Å²) in [4.78, 5) is 22.9. The second-order valence-corrected chi connectivity index (χ2v) is 3.80. The molecule has 1 amide bonds. The predicted molar refractivity (Wildman–Crippen MR) is 61.5 cm³/mol. The first-order chi connectivity index (χ1) is 8.25. The van der Waals surface area contributed by atoms with Crippen LogP contribution in [-0.4, -0.2) is 21.6 Å². The van der Waals surface area contributed by atoms with E-state index in [1.807, 2.05) is 30.3 Å². The van der Waals surface area contributed by atoms with Crippen LogP contribution in [-0.2, 0) is 4.79 Å². The van der Waals surface area contributed by atoms with Gasteiger partial charge in [0.1, 0.15) is 12.2 Å². The lowest BCUT2D eigenvalue weighted by molar-refractivity contribution is -0.115. The lowest BCUT2D eigenvalue weighted by atomic mass is 10.1. The molecule has 0 fully saturated rings. The first-order valence-corrected chi connectivity index (χ1v) is 5.22. The number of nitrogens with zero attached hydrogens (tertiary/aromatic N) is 2. The van der Waals surface area contributed by atoms with Gasteiger partial charge in [-0.2, -0.15) is 9.78 Å². The lowest BCUT2D eigenvalue weighted by Gasteiger charge is -2.14. The zero-order valence-electron chi connectivity index (χ0n) is 8.88. The highest BCUT2D eigenvalue weighted by Gasteiger charge is 2.26. The van der Waals surface area contributed by atoms with Gasteiger partial charge in [0, 0.05) is 5.56 Å². The van der Waals surface area contributed by atoms with Gasteiger partial charge in [-0.1, -0.05) is 30.3 Å². The van der Waals surface area contributed by atoms with Gasteiger partial charge in [-0.15, -0.1) is 0 Å². The van der Waals surface area contributed by atoms with E-state index in [1.165, 1.54) is 4.68 Å². The van der Waals surface area contributed by atoms with Gasteiger partial charge in [0.2, 0.25) is 5.91 Å². The summed E-state index contributed by atoms with van der Waals surface area (Å²) in [6.07, 6.45) is 1.44. The number of hydrogen-bond acceptors (Lipinski definition) is 3. The Kier molecular flexibility index (Phi) is 2.04. The summed E-state index contributed by atoms with van der Waals surface area (Å²) in [5.74, 6) is -0.136. The molecule has 2 heterocycles. The van der Waals surface area contributed by atoms with Gasteiger partial charge in [0.05, 0.1) is 6.20 Å². The molecular weight excluding hydrogens is 218 g/mol. The monoisotopic (exact) mass is 227 g/mol. The van der Waals surface area contributed by atoms with Gasteiger partial charge in [-0.25, -0.2) is 0 Å². The van der Waals surface area contributed by atoms with Crippen molar-refractivity contribution in [3.8, 4) is 11.1 Å². The smallest absolute Gasteiger partial charge is 0.258 e. The summed E-state index contributed by atoms with van der Waals surface area (Å²) in [5, 5.41) is 6.68. The maximum atomic E-state index is 11.6. The summed E-state index contributed by atoms with van der Waals surface area (Å²) in [6, 6.07) is 9.51. The number of amides is 1.